The Hall–Kier alpha value is -2.75. The predicted molar refractivity (Wildman–Crippen MR) is 129 cm³/mol. The largest absolute Gasteiger partial charge is 0.495 e. The molecule has 0 unspecified atom stereocenters. The van der Waals surface area contributed by atoms with Crippen LogP contribution in [0.4, 0.5) is 5.69 Å². The number of carbonyl (C=O) groups excluding carboxylic acids is 1. The zero-order valence-corrected chi connectivity index (χ0v) is 20.5. The Labute approximate surface area is 203 Å². The Morgan fingerprint density at radius 1 is 1.18 bits per heavy atom. The number of aryl methyl sites for hydroxylation is 2. The van der Waals surface area contributed by atoms with Crippen LogP contribution < -0.4 is 14.4 Å². The maximum absolute atomic E-state index is 13.7. The first-order valence-corrected chi connectivity index (χ1v) is 12.3. The van der Waals surface area contributed by atoms with Gasteiger partial charge in [0.05, 0.1) is 19.1 Å². The second-order valence-electron chi connectivity index (χ2n) is 7.30. The molecule has 33 heavy (non-hydrogen) atoms. The van der Waals surface area contributed by atoms with E-state index >= 15 is 0 Å². The van der Waals surface area contributed by atoms with Gasteiger partial charge in [0.25, 0.3) is 10.0 Å². The number of nitrogens with zero attached hydrogens (tertiary/aromatic N) is 3. The monoisotopic (exact) mass is 510 g/mol. The van der Waals surface area contributed by atoms with Crippen LogP contribution in [-0.4, -0.2) is 44.1 Å². The number of halogens is 2. The van der Waals surface area contributed by atoms with Crippen LogP contribution in [0.3, 0.4) is 0 Å². The number of sulfonamides is 1. The molecule has 2 aromatic carbocycles. The maximum atomic E-state index is 13.7. The molecule has 0 aliphatic carbocycles. The van der Waals surface area contributed by atoms with Gasteiger partial charge in [-0.05, 0) is 49.2 Å². The van der Waals surface area contributed by atoms with E-state index in [1.165, 1.54) is 31.4 Å². The van der Waals surface area contributed by atoms with E-state index in [0.717, 1.165) is 9.87 Å². The van der Waals surface area contributed by atoms with E-state index in [1.807, 2.05) is 10.8 Å². The first kappa shape index (κ1) is 24.9. The van der Waals surface area contributed by atoms with Gasteiger partial charge in [0.15, 0.2) is 0 Å². The number of benzene rings is 2. The molecule has 8 nitrogen and oxygen atoms in total. The van der Waals surface area contributed by atoms with E-state index in [4.69, 9.17) is 27.9 Å². The number of hydrogen-bond acceptors (Lipinski definition) is 5. The Morgan fingerprint density at radius 2 is 1.91 bits per heavy atom. The summed E-state index contributed by atoms with van der Waals surface area (Å²) in [6.07, 6.45) is 5.85. The van der Waals surface area contributed by atoms with Gasteiger partial charge in [-0.3, -0.25) is 9.10 Å². The lowest BCUT2D eigenvalue weighted by atomic mass is 10.2. The number of nitrogens with one attached hydrogen (secondary N) is 1. The molecular weight excluding hydrogens is 487 g/mol. The molecule has 1 N–H and O–H groups in total. The third-order valence-corrected chi connectivity index (χ3v) is 7.02. The van der Waals surface area contributed by atoms with Gasteiger partial charge in [-0.25, -0.2) is 13.4 Å². The smallest absolute Gasteiger partial charge is 0.268 e. The third-order valence-electron chi connectivity index (χ3n) is 4.78. The highest BCUT2D eigenvalue weighted by Gasteiger charge is 2.30. The highest BCUT2D eigenvalue weighted by molar-refractivity contribution is 7.93. The van der Waals surface area contributed by atoms with Gasteiger partial charge in [0, 0.05) is 35.5 Å². The van der Waals surface area contributed by atoms with Crippen LogP contribution in [0.2, 0.25) is 10.0 Å². The summed E-state index contributed by atoms with van der Waals surface area (Å²) in [5.41, 5.74) is 0.895. The van der Waals surface area contributed by atoms with Crippen molar-refractivity contribution >= 4 is 44.8 Å². The van der Waals surface area contributed by atoms with Gasteiger partial charge in [-0.1, -0.05) is 29.3 Å². The molecule has 0 saturated heterocycles. The summed E-state index contributed by atoms with van der Waals surface area (Å²) in [5.74, 6) is -0.300. The molecule has 0 radical (unpaired) electrons. The van der Waals surface area contributed by atoms with E-state index in [1.54, 1.807) is 31.6 Å². The van der Waals surface area contributed by atoms with Crippen molar-refractivity contribution in [3.05, 3.63) is 70.7 Å². The number of ether oxygens (including phenoxy) is 1. The molecule has 0 aliphatic heterocycles. The van der Waals surface area contributed by atoms with Gasteiger partial charge in [-0.2, -0.15) is 0 Å². The van der Waals surface area contributed by atoms with Gasteiger partial charge >= 0.3 is 0 Å². The molecule has 0 spiro atoms. The van der Waals surface area contributed by atoms with Crippen LogP contribution in [0.1, 0.15) is 12.0 Å². The van der Waals surface area contributed by atoms with E-state index in [2.05, 4.69) is 10.3 Å². The summed E-state index contributed by atoms with van der Waals surface area (Å²) in [6, 6.07) is 9.18. The van der Waals surface area contributed by atoms with Crippen LogP contribution in [0, 0.1) is 6.92 Å². The number of hydrogen-bond donors (Lipinski definition) is 1. The molecule has 0 saturated carbocycles. The van der Waals surface area contributed by atoms with Gasteiger partial charge in [0.1, 0.15) is 17.2 Å². The maximum Gasteiger partial charge on any atom is 0.268 e. The topological polar surface area (TPSA) is 93.5 Å². The SMILES string of the molecule is COc1ccc(C)cc1S(=O)(=O)N(CC(=O)NCCCn1ccnc1)c1cc(Cl)cc(Cl)c1. The second kappa shape index (κ2) is 10.9. The minimum Gasteiger partial charge on any atom is -0.495 e. The van der Waals surface area contributed by atoms with E-state index in [-0.39, 0.29) is 26.4 Å². The van der Waals surface area contributed by atoms with Crippen molar-refractivity contribution in [3.63, 3.8) is 0 Å². The molecular formula is C22H24Cl2N4O4S. The minimum atomic E-state index is -4.20. The molecule has 176 valence electrons. The van der Waals surface area contributed by atoms with Crippen LogP contribution >= 0.6 is 23.2 Å². The lowest BCUT2D eigenvalue weighted by Gasteiger charge is -2.25. The fraction of sp³-hybridized carbons (Fsp3) is 0.273. The second-order valence-corrected chi connectivity index (χ2v) is 10.0. The average Bonchev–Trinajstić information content (AvgIpc) is 3.28. The minimum absolute atomic E-state index is 0.0611. The Balaban J connectivity index is 1.86. The summed E-state index contributed by atoms with van der Waals surface area (Å²) in [7, 11) is -2.81. The standard InChI is InChI=1S/C22H24Cl2N4O4S/c1-16-4-5-20(32-2)21(10-16)33(30,31)28(19-12-17(23)11-18(24)13-19)14-22(29)26-6-3-8-27-9-7-25-15-27/h4-5,7,9-13,15H,3,6,8,14H2,1-2H3,(H,26,29). The molecule has 1 heterocycles. The van der Waals surface area contributed by atoms with Crippen molar-refractivity contribution in [2.45, 2.75) is 24.8 Å². The van der Waals surface area contributed by atoms with Crippen LogP contribution in [-0.2, 0) is 21.4 Å². The van der Waals surface area contributed by atoms with Crippen molar-refractivity contribution < 1.29 is 17.9 Å². The number of carbonyl (C=O) groups is 1. The Bertz CT molecular complexity index is 1200. The molecule has 0 fully saturated rings. The number of imidazole rings is 1. The predicted octanol–water partition coefficient (Wildman–Crippen LogP) is 3.91. The summed E-state index contributed by atoms with van der Waals surface area (Å²) in [6.45, 7) is 2.36. The van der Waals surface area contributed by atoms with Crippen molar-refractivity contribution in [1.29, 1.82) is 0 Å². The lowest BCUT2D eigenvalue weighted by Crippen LogP contribution is -2.41. The number of aromatic nitrogens is 2. The number of rotatable bonds is 10. The van der Waals surface area contributed by atoms with Gasteiger partial charge < -0.3 is 14.6 Å². The molecule has 11 heteroatoms. The fourth-order valence-electron chi connectivity index (χ4n) is 3.20. The summed E-state index contributed by atoms with van der Waals surface area (Å²) in [5, 5.41) is 3.25. The lowest BCUT2D eigenvalue weighted by molar-refractivity contribution is -0.119. The molecule has 0 bridgehead atoms. The van der Waals surface area contributed by atoms with E-state index < -0.39 is 22.5 Å². The number of amides is 1. The van der Waals surface area contributed by atoms with Crippen molar-refractivity contribution in [2.24, 2.45) is 0 Å². The van der Waals surface area contributed by atoms with Crippen molar-refractivity contribution in [2.75, 3.05) is 24.5 Å². The number of anilines is 1. The van der Waals surface area contributed by atoms with Crippen LogP contribution in [0.15, 0.2) is 60.0 Å². The van der Waals surface area contributed by atoms with Crippen LogP contribution in [0.5, 0.6) is 5.75 Å². The van der Waals surface area contributed by atoms with Gasteiger partial charge in [-0.15, -0.1) is 0 Å². The average molecular weight is 511 g/mol. The summed E-state index contributed by atoms with van der Waals surface area (Å²) < 4.78 is 35.5. The highest BCUT2D eigenvalue weighted by atomic mass is 35.5. The first-order chi connectivity index (χ1) is 15.7. The zero-order chi connectivity index (χ0) is 24.0. The first-order valence-electron chi connectivity index (χ1n) is 10.1. The summed E-state index contributed by atoms with van der Waals surface area (Å²) >= 11 is 12.2. The van der Waals surface area contributed by atoms with Crippen molar-refractivity contribution in [3.8, 4) is 5.75 Å². The molecule has 0 aliphatic rings. The molecule has 3 rings (SSSR count). The normalized spacial score (nSPS) is 11.3. The fourth-order valence-corrected chi connectivity index (χ4v) is 5.36. The van der Waals surface area contributed by atoms with Crippen molar-refractivity contribution in [1.82, 2.24) is 14.9 Å². The third kappa shape index (κ3) is 6.40. The Kier molecular flexibility index (Phi) is 8.23. The zero-order valence-electron chi connectivity index (χ0n) is 18.2. The van der Waals surface area contributed by atoms with Crippen LogP contribution in [0.25, 0.3) is 0 Å². The highest BCUT2D eigenvalue weighted by Crippen LogP contribution is 2.33. The van der Waals surface area contributed by atoms with E-state index in [9.17, 15) is 13.2 Å². The molecule has 3 aromatic rings. The number of methoxy groups -OCH3 is 1. The van der Waals surface area contributed by atoms with Gasteiger partial charge in [0.2, 0.25) is 5.91 Å². The summed E-state index contributed by atoms with van der Waals surface area (Å²) in [4.78, 5) is 16.6. The molecule has 1 amide bonds. The quantitative estimate of drug-likeness (QED) is 0.417. The Morgan fingerprint density at radius 3 is 2.55 bits per heavy atom. The van der Waals surface area contributed by atoms with E-state index in [0.29, 0.717) is 19.5 Å². The molecule has 1 aromatic heterocycles. The molecule has 0 atom stereocenters.